The van der Waals surface area contributed by atoms with E-state index in [-0.39, 0.29) is 0 Å². The fourth-order valence-electron chi connectivity index (χ4n) is 1.02. The van der Waals surface area contributed by atoms with Crippen LogP contribution in [-0.4, -0.2) is 44.1 Å². The minimum Gasteiger partial charge on any atom is -0.293 e. The highest BCUT2D eigenvalue weighted by Crippen LogP contribution is 2.02. The molecule has 0 aliphatic heterocycles. The van der Waals surface area contributed by atoms with Crippen LogP contribution in [0.1, 0.15) is 20.3 Å². The Labute approximate surface area is 105 Å². The van der Waals surface area contributed by atoms with Crippen molar-refractivity contribution >= 4 is 10.4 Å². The van der Waals surface area contributed by atoms with E-state index in [1.54, 1.807) is 0 Å². The Morgan fingerprint density at radius 3 is 1.88 bits per heavy atom. The van der Waals surface area contributed by atoms with Crippen molar-refractivity contribution in [3.63, 3.8) is 0 Å². The van der Waals surface area contributed by atoms with Crippen molar-refractivity contribution in [2.24, 2.45) is 0 Å². The number of hydrogen-bond donors (Lipinski definition) is 1. The maximum absolute atomic E-state index is 9.33. The Kier molecular flexibility index (Phi) is 11.5. The minimum absolute atomic E-state index is 0.631. The first kappa shape index (κ1) is 18.7. The number of rotatable bonds is 7. The number of nitrogens with zero attached hydrogens (tertiary/aromatic N) is 1. The molecule has 17 heavy (non-hydrogen) atoms. The van der Waals surface area contributed by atoms with Gasteiger partial charge in [0.1, 0.15) is 0 Å². The third-order valence-corrected chi connectivity index (χ3v) is 2.57. The average Bonchev–Trinajstić information content (AvgIpc) is 2.27. The molecule has 0 fully saturated rings. The second-order valence-corrected chi connectivity index (χ2v) is 4.57. The molecule has 1 unspecified atom stereocenters. The molecule has 5 nitrogen and oxygen atoms in total. The highest BCUT2D eigenvalue weighted by atomic mass is 32.3. The Hall–Kier alpha value is -0.690. The van der Waals surface area contributed by atoms with Gasteiger partial charge >= 0.3 is 10.4 Å². The van der Waals surface area contributed by atoms with Crippen molar-refractivity contribution in [2.75, 3.05) is 20.2 Å². The van der Waals surface area contributed by atoms with Gasteiger partial charge in [0.15, 0.2) is 0 Å². The molecular formula is C11H23NO4S. The highest BCUT2D eigenvalue weighted by Gasteiger charge is 2.07. The van der Waals surface area contributed by atoms with Gasteiger partial charge in [-0.25, -0.2) is 0 Å². The van der Waals surface area contributed by atoms with Crippen molar-refractivity contribution in [3.8, 4) is 0 Å². The molecular weight excluding hydrogens is 242 g/mol. The van der Waals surface area contributed by atoms with Gasteiger partial charge in [0.25, 0.3) is 0 Å². The van der Waals surface area contributed by atoms with Crippen LogP contribution in [0.25, 0.3) is 0 Å². The van der Waals surface area contributed by atoms with Crippen LogP contribution in [0.5, 0.6) is 0 Å². The normalized spacial score (nSPS) is 12.5. The topological polar surface area (TPSA) is 66.8 Å². The van der Waals surface area contributed by atoms with Gasteiger partial charge in [-0.1, -0.05) is 19.1 Å². The lowest BCUT2D eigenvalue weighted by Crippen LogP contribution is -2.32. The van der Waals surface area contributed by atoms with Gasteiger partial charge < -0.3 is 0 Å². The molecule has 0 radical (unpaired) electrons. The molecule has 102 valence electrons. The van der Waals surface area contributed by atoms with Gasteiger partial charge in [-0.15, -0.1) is 13.2 Å². The Morgan fingerprint density at radius 1 is 1.35 bits per heavy atom. The van der Waals surface area contributed by atoms with Crippen molar-refractivity contribution in [1.29, 1.82) is 0 Å². The zero-order valence-corrected chi connectivity index (χ0v) is 11.6. The van der Waals surface area contributed by atoms with E-state index in [4.69, 9.17) is 4.55 Å². The summed E-state index contributed by atoms with van der Waals surface area (Å²) < 4.78 is 29.7. The molecule has 0 spiro atoms. The predicted molar refractivity (Wildman–Crippen MR) is 70.3 cm³/mol. The molecule has 0 saturated carbocycles. The first-order chi connectivity index (χ1) is 7.82. The van der Waals surface area contributed by atoms with Crippen molar-refractivity contribution in [2.45, 2.75) is 26.3 Å². The summed E-state index contributed by atoms with van der Waals surface area (Å²) in [6.45, 7) is 13.8. The molecule has 0 aromatic heterocycles. The first-order valence-electron chi connectivity index (χ1n) is 5.31. The Bertz CT molecular complexity index is 291. The van der Waals surface area contributed by atoms with E-state index < -0.39 is 10.4 Å². The molecule has 1 N–H and O–H groups in total. The van der Waals surface area contributed by atoms with E-state index >= 15 is 0 Å². The fraction of sp³-hybridized carbons (Fsp3) is 0.636. The van der Waals surface area contributed by atoms with Crippen LogP contribution in [0.3, 0.4) is 0 Å². The smallest absolute Gasteiger partial charge is 0.293 e. The molecule has 0 rings (SSSR count). The van der Waals surface area contributed by atoms with Gasteiger partial charge in [0.2, 0.25) is 0 Å². The molecule has 0 saturated heterocycles. The molecule has 0 aromatic rings. The van der Waals surface area contributed by atoms with E-state index in [0.717, 1.165) is 20.2 Å². The molecule has 0 aliphatic rings. The van der Waals surface area contributed by atoms with Gasteiger partial charge in [0, 0.05) is 19.1 Å². The third kappa shape index (κ3) is 13.2. The molecule has 6 heteroatoms. The molecule has 0 amide bonds. The maximum Gasteiger partial charge on any atom is 0.397 e. The lowest BCUT2D eigenvalue weighted by molar-refractivity contribution is 0.250. The van der Waals surface area contributed by atoms with Crippen LogP contribution in [0.15, 0.2) is 25.3 Å². The molecule has 0 aromatic carbocycles. The highest BCUT2D eigenvalue weighted by molar-refractivity contribution is 7.80. The predicted octanol–water partition coefficient (Wildman–Crippen LogP) is 1.89. The van der Waals surface area contributed by atoms with Crippen molar-refractivity contribution in [3.05, 3.63) is 25.3 Å². The van der Waals surface area contributed by atoms with E-state index in [1.807, 2.05) is 12.2 Å². The van der Waals surface area contributed by atoms with E-state index in [1.165, 1.54) is 6.42 Å². The average molecular weight is 265 g/mol. The quantitative estimate of drug-likeness (QED) is 0.562. The standard InChI is InChI=1S/C10H19N.CH4O4S/c1-5-8-11(9-6-2)10(4)7-3;1-5-6(2,3)4/h5-6,10H,1-2,7-9H2,3-4H3;1H3,(H,2,3,4). The summed E-state index contributed by atoms with van der Waals surface area (Å²) in [6.07, 6.45) is 5.06. The van der Waals surface area contributed by atoms with Crippen LogP contribution in [0.4, 0.5) is 0 Å². The Morgan fingerprint density at radius 2 is 1.71 bits per heavy atom. The van der Waals surface area contributed by atoms with Gasteiger partial charge in [-0.2, -0.15) is 8.42 Å². The molecule has 0 bridgehead atoms. The van der Waals surface area contributed by atoms with Crippen molar-refractivity contribution in [1.82, 2.24) is 4.90 Å². The van der Waals surface area contributed by atoms with Gasteiger partial charge in [-0.05, 0) is 13.3 Å². The summed E-state index contributed by atoms with van der Waals surface area (Å²) >= 11 is 0. The fourth-order valence-corrected chi connectivity index (χ4v) is 1.02. The van der Waals surface area contributed by atoms with E-state index in [0.29, 0.717) is 6.04 Å². The van der Waals surface area contributed by atoms with E-state index in [2.05, 4.69) is 36.1 Å². The zero-order chi connectivity index (χ0) is 13.9. The molecule has 0 aliphatic carbocycles. The lowest BCUT2D eigenvalue weighted by Gasteiger charge is -2.25. The van der Waals surface area contributed by atoms with Gasteiger partial charge in [0.05, 0.1) is 7.11 Å². The maximum atomic E-state index is 9.33. The summed E-state index contributed by atoms with van der Waals surface area (Å²) in [5.41, 5.74) is 0. The van der Waals surface area contributed by atoms with Crippen LogP contribution in [-0.2, 0) is 14.6 Å². The summed E-state index contributed by atoms with van der Waals surface area (Å²) in [5, 5.41) is 0. The molecule has 1 atom stereocenters. The largest absolute Gasteiger partial charge is 0.397 e. The lowest BCUT2D eigenvalue weighted by atomic mass is 10.2. The number of hydrogen-bond acceptors (Lipinski definition) is 4. The summed E-state index contributed by atoms with van der Waals surface area (Å²) in [7, 11) is -3.29. The van der Waals surface area contributed by atoms with E-state index in [9.17, 15) is 8.42 Å². The van der Waals surface area contributed by atoms with Crippen LogP contribution in [0.2, 0.25) is 0 Å². The van der Waals surface area contributed by atoms with Crippen LogP contribution >= 0.6 is 0 Å². The first-order valence-corrected chi connectivity index (χ1v) is 6.67. The third-order valence-electron chi connectivity index (χ3n) is 2.15. The van der Waals surface area contributed by atoms with Gasteiger partial charge in [-0.3, -0.25) is 13.6 Å². The zero-order valence-electron chi connectivity index (χ0n) is 10.8. The monoisotopic (exact) mass is 265 g/mol. The van der Waals surface area contributed by atoms with Crippen molar-refractivity contribution < 1.29 is 17.2 Å². The van der Waals surface area contributed by atoms with Crippen LogP contribution < -0.4 is 0 Å². The SMILES string of the molecule is C=CCN(CC=C)C(C)CC.COS(=O)(=O)O. The summed E-state index contributed by atoms with van der Waals surface area (Å²) in [4.78, 5) is 2.35. The molecule has 0 heterocycles. The second-order valence-electron chi connectivity index (χ2n) is 3.38. The van der Waals surface area contributed by atoms with Crippen LogP contribution in [0, 0.1) is 0 Å². The summed E-state index contributed by atoms with van der Waals surface area (Å²) in [5.74, 6) is 0. The summed E-state index contributed by atoms with van der Waals surface area (Å²) in [6, 6.07) is 0.631. The Balaban J connectivity index is 0. The second kappa shape index (κ2) is 10.5. The minimum atomic E-state index is -4.16.